The molecule has 8 heteroatoms. The smallest absolute Gasteiger partial charge is 0.274 e. The Bertz CT molecular complexity index is 1230. The Morgan fingerprint density at radius 2 is 1.84 bits per heavy atom. The summed E-state index contributed by atoms with van der Waals surface area (Å²) in [5.41, 5.74) is 6.23. The number of carbonyl (C=O) groups is 3. The average molecular weight is 432 g/mol. The van der Waals surface area contributed by atoms with E-state index in [0.29, 0.717) is 31.6 Å². The first-order chi connectivity index (χ1) is 15.5. The Morgan fingerprint density at radius 1 is 1.09 bits per heavy atom. The normalized spacial score (nSPS) is 18.0. The number of likely N-dealkylation sites (N-methyl/N-ethyl adjacent to an activating group) is 1. The van der Waals surface area contributed by atoms with Gasteiger partial charge >= 0.3 is 0 Å². The zero-order valence-electron chi connectivity index (χ0n) is 17.7. The molecule has 1 unspecified atom stereocenters. The van der Waals surface area contributed by atoms with Crippen molar-refractivity contribution in [1.29, 1.82) is 0 Å². The molecule has 3 amide bonds. The van der Waals surface area contributed by atoms with Gasteiger partial charge < -0.3 is 14.4 Å². The van der Waals surface area contributed by atoms with E-state index >= 15 is 0 Å². The Morgan fingerprint density at radius 3 is 2.56 bits per heavy atom. The molecule has 3 heterocycles. The summed E-state index contributed by atoms with van der Waals surface area (Å²) < 4.78 is 2.20. The predicted molar refractivity (Wildman–Crippen MR) is 117 cm³/mol. The van der Waals surface area contributed by atoms with E-state index in [4.69, 9.17) is 5.21 Å². The summed E-state index contributed by atoms with van der Waals surface area (Å²) in [6, 6.07) is 14.7. The molecule has 2 aliphatic heterocycles. The number of rotatable bonds is 4. The van der Waals surface area contributed by atoms with Crippen molar-refractivity contribution in [3.8, 4) is 0 Å². The third-order valence-electron chi connectivity index (χ3n) is 6.57. The second-order valence-corrected chi connectivity index (χ2v) is 8.26. The molecule has 1 aromatic heterocycles. The van der Waals surface area contributed by atoms with Gasteiger partial charge in [0.2, 0.25) is 11.8 Å². The molecule has 0 aliphatic carbocycles. The summed E-state index contributed by atoms with van der Waals surface area (Å²) in [6.45, 7) is 3.54. The fourth-order valence-corrected chi connectivity index (χ4v) is 4.89. The molecule has 1 saturated heterocycles. The number of piperazine rings is 1. The largest absolute Gasteiger partial charge is 0.338 e. The number of hydrogen-bond acceptors (Lipinski definition) is 4. The van der Waals surface area contributed by atoms with Gasteiger partial charge in [-0.1, -0.05) is 30.3 Å². The van der Waals surface area contributed by atoms with E-state index in [1.165, 1.54) is 0 Å². The number of amides is 3. The van der Waals surface area contributed by atoms with Gasteiger partial charge in [0.25, 0.3) is 5.91 Å². The molecule has 0 saturated carbocycles. The number of carbonyl (C=O) groups excluding carboxylic acids is 3. The summed E-state index contributed by atoms with van der Waals surface area (Å²) >= 11 is 0. The Kier molecular flexibility index (Phi) is 4.94. The zero-order valence-corrected chi connectivity index (χ0v) is 17.7. The summed E-state index contributed by atoms with van der Waals surface area (Å²) in [6.07, 6.45) is 0.513. The molecule has 5 rings (SSSR count). The Hall–Kier alpha value is -3.65. The predicted octanol–water partition coefficient (Wildman–Crippen LogP) is 1.92. The second-order valence-electron chi connectivity index (χ2n) is 8.26. The van der Waals surface area contributed by atoms with Crippen LogP contribution >= 0.6 is 0 Å². The van der Waals surface area contributed by atoms with Gasteiger partial charge in [-0.25, -0.2) is 5.48 Å². The summed E-state index contributed by atoms with van der Waals surface area (Å²) in [4.78, 5) is 40.8. The van der Waals surface area contributed by atoms with Gasteiger partial charge in [0.05, 0.1) is 13.1 Å². The van der Waals surface area contributed by atoms with Gasteiger partial charge in [-0.15, -0.1) is 0 Å². The number of aromatic nitrogens is 1. The van der Waals surface area contributed by atoms with Crippen LogP contribution in [-0.2, 0) is 29.1 Å². The van der Waals surface area contributed by atoms with E-state index in [9.17, 15) is 14.4 Å². The Balaban J connectivity index is 1.55. The number of hydroxylamine groups is 1. The third kappa shape index (κ3) is 3.15. The lowest BCUT2D eigenvalue weighted by Crippen LogP contribution is -2.61. The monoisotopic (exact) mass is 432 g/mol. The van der Waals surface area contributed by atoms with Crippen molar-refractivity contribution in [1.82, 2.24) is 19.8 Å². The highest BCUT2D eigenvalue weighted by molar-refractivity contribution is 5.97. The minimum atomic E-state index is -0.555. The van der Waals surface area contributed by atoms with Crippen molar-refractivity contribution in [2.75, 3.05) is 13.1 Å². The van der Waals surface area contributed by atoms with Crippen molar-refractivity contribution >= 4 is 28.6 Å². The highest BCUT2D eigenvalue weighted by atomic mass is 16.5. The first-order valence-corrected chi connectivity index (χ1v) is 10.7. The standard InChI is InChI=1S/C24H24N4O4/c1-2-26-14-22(29)28-13-21-18(11-20(28)24(26)31)17-5-3-4-6-19(17)27(21)12-15-7-9-16(10-8-15)23(30)25-32/h3-10,20,32H,2,11-14H2,1H3,(H,25,30). The van der Waals surface area contributed by atoms with Crippen molar-refractivity contribution < 1.29 is 19.6 Å². The molecule has 3 aromatic rings. The molecular formula is C24H24N4O4. The van der Waals surface area contributed by atoms with Crippen LogP contribution in [0.25, 0.3) is 10.9 Å². The molecule has 0 spiro atoms. The van der Waals surface area contributed by atoms with E-state index in [1.807, 2.05) is 31.2 Å². The molecule has 164 valence electrons. The number of benzene rings is 2. The van der Waals surface area contributed by atoms with Crippen LogP contribution in [0.5, 0.6) is 0 Å². The number of fused-ring (bicyclic) bond motifs is 4. The Labute approximate surface area is 185 Å². The number of hydrogen-bond donors (Lipinski definition) is 2. The van der Waals surface area contributed by atoms with Crippen LogP contribution in [0.4, 0.5) is 0 Å². The van der Waals surface area contributed by atoms with Crippen molar-refractivity contribution in [2.45, 2.75) is 32.5 Å². The fraction of sp³-hybridized carbons (Fsp3) is 0.292. The van der Waals surface area contributed by atoms with Gasteiger partial charge in [-0.05, 0) is 36.2 Å². The van der Waals surface area contributed by atoms with E-state index in [-0.39, 0.29) is 18.4 Å². The topological polar surface area (TPSA) is 94.9 Å². The van der Waals surface area contributed by atoms with Crippen LogP contribution in [0.15, 0.2) is 48.5 Å². The summed E-state index contributed by atoms with van der Waals surface area (Å²) in [5, 5.41) is 9.92. The van der Waals surface area contributed by atoms with Gasteiger partial charge in [-0.2, -0.15) is 0 Å². The number of nitrogens with one attached hydrogen (secondary N) is 1. The van der Waals surface area contributed by atoms with Crippen LogP contribution < -0.4 is 5.48 Å². The maximum atomic E-state index is 13.0. The van der Waals surface area contributed by atoms with Gasteiger partial charge in [0.15, 0.2) is 0 Å². The van der Waals surface area contributed by atoms with Crippen molar-refractivity contribution in [2.24, 2.45) is 0 Å². The lowest BCUT2D eigenvalue weighted by molar-refractivity contribution is -0.157. The van der Waals surface area contributed by atoms with Crippen molar-refractivity contribution in [3.63, 3.8) is 0 Å². The second kappa shape index (κ2) is 7.80. The van der Waals surface area contributed by atoms with E-state index in [0.717, 1.165) is 27.7 Å². The van der Waals surface area contributed by atoms with Gasteiger partial charge in [-0.3, -0.25) is 19.6 Å². The van der Waals surface area contributed by atoms with Crippen LogP contribution in [-0.4, -0.2) is 56.4 Å². The summed E-state index contributed by atoms with van der Waals surface area (Å²) in [7, 11) is 0. The molecule has 1 atom stereocenters. The molecule has 32 heavy (non-hydrogen) atoms. The third-order valence-corrected chi connectivity index (χ3v) is 6.57. The van der Waals surface area contributed by atoms with E-state index < -0.39 is 11.9 Å². The minimum Gasteiger partial charge on any atom is -0.338 e. The van der Waals surface area contributed by atoms with Crippen LogP contribution in [0.2, 0.25) is 0 Å². The lowest BCUT2D eigenvalue weighted by Gasteiger charge is -2.42. The quantitative estimate of drug-likeness (QED) is 0.487. The van der Waals surface area contributed by atoms with Crippen LogP contribution in [0, 0.1) is 0 Å². The molecular weight excluding hydrogens is 408 g/mol. The first kappa shape index (κ1) is 20.3. The highest BCUT2D eigenvalue weighted by Gasteiger charge is 2.43. The molecule has 2 N–H and O–H groups in total. The van der Waals surface area contributed by atoms with Gasteiger partial charge in [0, 0.05) is 41.7 Å². The lowest BCUT2D eigenvalue weighted by atomic mass is 9.94. The SMILES string of the molecule is CCN1CC(=O)N2Cc3c(c4ccccc4n3Cc3ccc(C(=O)NO)cc3)CC2C1=O. The molecule has 0 radical (unpaired) electrons. The maximum absolute atomic E-state index is 13.0. The van der Waals surface area contributed by atoms with Crippen LogP contribution in [0.1, 0.15) is 34.1 Å². The molecule has 2 aromatic carbocycles. The van der Waals surface area contributed by atoms with Crippen molar-refractivity contribution in [3.05, 3.63) is 70.9 Å². The first-order valence-electron chi connectivity index (χ1n) is 10.7. The van der Waals surface area contributed by atoms with E-state index in [2.05, 4.69) is 16.7 Å². The minimum absolute atomic E-state index is 0.0155. The zero-order chi connectivity index (χ0) is 22.4. The molecule has 8 nitrogen and oxygen atoms in total. The number of nitrogens with zero attached hydrogens (tertiary/aromatic N) is 3. The molecule has 0 bridgehead atoms. The van der Waals surface area contributed by atoms with Crippen LogP contribution in [0.3, 0.4) is 0 Å². The molecule has 1 fully saturated rings. The maximum Gasteiger partial charge on any atom is 0.274 e. The molecule has 2 aliphatic rings. The average Bonchev–Trinajstić information content (AvgIpc) is 3.13. The highest BCUT2D eigenvalue weighted by Crippen LogP contribution is 2.35. The fourth-order valence-electron chi connectivity index (χ4n) is 4.89. The van der Waals surface area contributed by atoms with E-state index in [1.54, 1.807) is 27.4 Å². The van der Waals surface area contributed by atoms with Gasteiger partial charge in [0.1, 0.15) is 6.04 Å². The summed E-state index contributed by atoms with van der Waals surface area (Å²) in [5.74, 6) is -0.550. The number of para-hydroxylation sites is 1.